The third-order valence-electron chi connectivity index (χ3n) is 4.15. The van der Waals surface area contributed by atoms with Crippen molar-refractivity contribution in [1.29, 1.82) is 5.41 Å². The van der Waals surface area contributed by atoms with Crippen molar-refractivity contribution in [3.8, 4) is 0 Å². The van der Waals surface area contributed by atoms with Gasteiger partial charge in [0.15, 0.2) is 0 Å². The summed E-state index contributed by atoms with van der Waals surface area (Å²) < 4.78 is 1.60. The Morgan fingerprint density at radius 1 is 1.33 bits per heavy atom. The number of likely N-dealkylation sites (tertiary alicyclic amines) is 1. The molecule has 2 rings (SSSR count). The largest absolute Gasteiger partial charge is 0.328 e. The molecule has 114 valence electrons. The number of rotatable bonds is 3. The lowest BCUT2D eigenvalue weighted by atomic mass is 10.00. The van der Waals surface area contributed by atoms with Crippen molar-refractivity contribution in [1.82, 2.24) is 9.47 Å². The van der Waals surface area contributed by atoms with Crippen molar-refractivity contribution in [2.45, 2.75) is 40.0 Å². The maximum Gasteiger partial charge on any atom is 0.328 e. The SMILES string of the molecule is CC(=O)CC(=N)c1ccn(C(=O)N2CCC(C)CC2)c1C. The molecule has 0 atom stereocenters. The monoisotopic (exact) mass is 289 g/mol. The molecule has 0 aromatic carbocycles. The zero-order chi connectivity index (χ0) is 15.6. The summed E-state index contributed by atoms with van der Waals surface area (Å²) in [7, 11) is 0. The van der Waals surface area contributed by atoms with Crippen molar-refractivity contribution >= 4 is 17.5 Å². The van der Waals surface area contributed by atoms with Gasteiger partial charge in [-0.15, -0.1) is 0 Å². The average molecular weight is 289 g/mol. The summed E-state index contributed by atoms with van der Waals surface area (Å²) in [6.45, 7) is 7.09. The van der Waals surface area contributed by atoms with E-state index >= 15 is 0 Å². The summed E-state index contributed by atoms with van der Waals surface area (Å²) in [5.74, 6) is 0.641. The van der Waals surface area contributed by atoms with Crippen LogP contribution in [0, 0.1) is 18.3 Å². The van der Waals surface area contributed by atoms with Crippen LogP contribution in [0.2, 0.25) is 0 Å². The summed E-state index contributed by atoms with van der Waals surface area (Å²) in [4.78, 5) is 25.5. The molecule has 0 spiro atoms. The number of hydrogen-bond acceptors (Lipinski definition) is 3. The first-order valence-electron chi connectivity index (χ1n) is 7.44. The zero-order valence-corrected chi connectivity index (χ0v) is 13.0. The zero-order valence-electron chi connectivity index (χ0n) is 13.0. The second kappa shape index (κ2) is 6.24. The molecular weight excluding hydrogens is 266 g/mol. The van der Waals surface area contributed by atoms with Gasteiger partial charge in [0.2, 0.25) is 0 Å². The fourth-order valence-corrected chi connectivity index (χ4v) is 2.73. The molecule has 1 N–H and O–H groups in total. The minimum atomic E-state index is -0.0384. The van der Waals surface area contributed by atoms with E-state index in [1.54, 1.807) is 16.8 Å². The van der Waals surface area contributed by atoms with Gasteiger partial charge >= 0.3 is 6.03 Å². The number of nitrogens with one attached hydrogen (secondary N) is 1. The topological polar surface area (TPSA) is 66.2 Å². The molecular formula is C16H23N3O2. The van der Waals surface area contributed by atoms with Crippen LogP contribution < -0.4 is 0 Å². The van der Waals surface area contributed by atoms with Gasteiger partial charge in [-0.05, 0) is 38.7 Å². The smallest absolute Gasteiger partial charge is 0.324 e. The summed E-state index contributed by atoms with van der Waals surface area (Å²) >= 11 is 0. The van der Waals surface area contributed by atoms with Crippen LogP contribution in [-0.4, -0.2) is 40.1 Å². The van der Waals surface area contributed by atoms with E-state index in [1.807, 2.05) is 11.8 Å². The Bertz CT molecular complexity index is 566. The summed E-state index contributed by atoms with van der Waals surface area (Å²) in [6, 6.07) is 1.73. The number of ketones is 1. The quantitative estimate of drug-likeness (QED) is 0.869. The number of aromatic nitrogens is 1. The van der Waals surface area contributed by atoms with E-state index in [0.717, 1.165) is 31.6 Å². The highest BCUT2D eigenvalue weighted by molar-refractivity contribution is 6.09. The summed E-state index contributed by atoms with van der Waals surface area (Å²) in [5, 5.41) is 7.97. The van der Waals surface area contributed by atoms with Crippen molar-refractivity contribution in [3.63, 3.8) is 0 Å². The molecule has 0 bridgehead atoms. The highest BCUT2D eigenvalue weighted by Crippen LogP contribution is 2.19. The summed E-state index contributed by atoms with van der Waals surface area (Å²) in [5.41, 5.74) is 1.70. The molecule has 5 nitrogen and oxygen atoms in total. The Labute approximate surface area is 125 Å². The second-order valence-electron chi connectivity index (χ2n) is 5.99. The van der Waals surface area contributed by atoms with E-state index < -0.39 is 0 Å². The van der Waals surface area contributed by atoms with Gasteiger partial charge in [0, 0.05) is 42.7 Å². The molecule has 0 unspecified atom stereocenters. The Kier molecular flexibility index (Phi) is 4.60. The predicted octanol–water partition coefficient (Wildman–Crippen LogP) is 2.84. The molecule has 0 radical (unpaired) electrons. The van der Waals surface area contributed by atoms with Crippen LogP contribution in [0.15, 0.2) is 12.3 Å². The molecule has 1 aliphatic heterocycles. The lowest BCUT2D eigenvalue weighted by Gasteiger charge is -2.30. The number of carbonyl (C=O) groups excluding carboxylic acids is 2. The van der Waals surface area contributed by atoms with Crippen LogP contribution in [0.5, 0.6) is 0 Å². The van der Waals surface area contributed by atoms with Gasteiger partial charge in [-0.2, -0.15) is 0 Å². The standard InChI is InChI=1S/C16H23N3O2/c1-11-4-7-18(8-5-11)16(21)19-9-6-14(13(19)3)15(17)10-12(2)20/h6,9,11,17H,4-5,7-8,10H2,1-3H3. The van der Waals surface area contributed by atoms with Crippen LogP contribution in [0.1, 0.15) is 44.4 Å². The molecule has 21 heavy (non-hydrogen) atoms. The van der Waals surface area contributed by atoms with Crippen molar-refractivity contribution in [2.24, 2.45) is 5.92 Å². The minimum absolute atomic E-state index is 0.0266. The lowest BCUT2D eigenvalue weighted by molar-refractivity contribution is -0.115. The first-order valence-corrected chi connectivity index (χ1v) is 7.44. The molecule has 2 heterocycles. The van der Waals surface area contributed by atoms with Crippen LogP contribution >= 0.6 is 0 Å². The van der Waals surface area contributed by atoms with E-state index in [0.29, 0.717) is 11.5 Å². The molecule has 1 saturated heterocycles. The van der Waals surface area contributed by atoms with E-state index in [4.69, 9.17) is 5.41 Å². The Morgan fingerprint density at radius 2 is 1.95 bits per heavy atom. The molecule has 0 saturated carbocycles. The Morgan fingerprint density at radius 3 is 2.52 bits per heavy atom. The van der Waals surface area contributed by atoms with Gasteiger partial charge in [0.05, 0.1) is 0 Å². The molecule has 0 aliphatic carbocycles. The number of amides is 1. The van der Waals surface area contributed by atoms with E-state index in [9.17, 15) is 9.59 Å². The Balaban J connectivity index is 2.14. The van der Waals surface area contributed by atoms with Crippen LogP contribution in [0.4, 0.5) is 4.79 Å². The average Bonchev–Trinajstić information content (AvgIpc) is 2.80. The van der Waals surface area contributed by atoms with Crippen molar-refractivity contribution in [2.75, 3.05) is 13.1 Å². The molecule has 5 heteroatoms. The first-order chi connectivity index (χ1) is 9.90. The summed E-state index contributed by atoms with van der Waals surface area (Å²) in [6.07, 6.45) is 3.90. The maximum absolute atomic E-state index is 12.5. The van der Waals surface area contributed by atoms with Crippen LogP contribution in [0.25, 0.3) is 0 Å². The van der Waals surface area contributed by atoms with Crippen LogP contribution in [-0.2, 0) is 4.79 Å². The highest BCUT2D eigenvalue weighted by Gasteiger charge is 2.23. The van der Waals surface area contributed by atoms with E-state index in [-0.39, 0.29) is 23.9 Å². The first kappa shape index (κ1) is 15.5. The number of carbonyl (C=O) groups is 2. The van der Waals surface area contributed by atoms with Gasteiger partial charge < -0.3 is 10.3 Å². The third-order valence-corrected chi connectivity index (χ3v) is 4.15. The van der Waals surface area contributed by atoms with E-state index in [1.165, 1.54) is 6.92 Å². The molecule has 1 fully saturated rings. The fraction of sp³-hybridized carbons (Fsp3) is 0.562. The molecule has 1 aliphatic rings. The van der Waals surface area contributed by atoms with Gasteiger partial charge in [0.25, 0.3) is 0 Å². The van der Waals surface area contributed by atoms with Crippen molar-refractivity contribution in [3.05, 3.63) is 23.5 Å². The highest BCUT2D eigenvalue weighted by atomic mass is 16.2. The maximum atomic E-state index is 12.5. The Hall–Kier alpha value is -1.91. The number of piperidine rings is 1. The number of nitrogens with zero attached hydrogens (tertiary/aromatic N) is 2. The van der Waals surface area contributed by atoms with Gasteiger partial charge in [0.1, 0.15) is 5.78 Å². The normalized spacial score (nSPS) is 16.0. The van der Waals surface area contributed by atoms with Crippen LogP contribution in [0.3, 0.4) is 0 Å². The second-order valence-corrected chi connectivity index (χ2v) is 5.99. The molecule has 1 amide bonds. The third kappa shape index (κ3) is 3.40. The molecule has 1 aromatic heterocycles. The minimum Gasteiger partial charge on any atom is -0.324 e. The van der Waals surface area contributed by atoms with Gasteiger partial charge in [-0.25, -0.2) is 4.79 Å². The van der Waals surface area contributed by atoms with Crippen molar-refractivity contribution < 1.29 is 9.59 Å². The van der Waals surface area contributed by atoms with E-state index in [2.05, 4.69) is 6.92 Å². The number of Topliss-reactive ketones (excluding diaryl/α,β-unsaturated/α-hetero) is 1. The number of hydrogen-bond donors (Lipinski definition) is 1. The predicted molar refractivity (Wildman–Crippen MR) is 82.1 cm³/mol. The lowest BCUT2D eigenvalue weighted by Crippen LogP contribution is -2.40. The van der Waals surface area contributed by atoms with Gasteiger partial charge in [-0.1, -0.05) is 6.92 Å². The fourth-order valence-electron chi connectivity index (χ4n) is 2.73. The molecule has 1 aromatic rings. The van der Waals surface area contributed by atoms with Gasteiger partial charge in [-0.3, -0.25) is 9.36 Å².